The number of ether oxygens (including phenoxy) is 1. The molecule has 3 nitrogen and oxygen atoms in total. The van der Waals surface area contributed by atoms with Gasteiger partial charge in [0.25, 0.3) is 0 Å². The molecule has 0 unspecified atom stereocenters. The number of halogens is 2. The molecule has 0 N–H and O–H groups in total. The van der Waals surface area contributed by atoms with Crippen molar-refractivity contribution < 1.29 is 23.1 Å². The Morgan fingerprint density at radius 1 is 1.21 bits per heavy atom. The van der Waals surface area contributed by atoms with E-state index in [4.69, 9.17) is 4.74 Å². The number of rotatable bonds is 7. The van der Waals surface area contributed by atoms with Gasteiger partial charge in [0, 0.05) is 13.0 Å². The Kier molecular flexibility index (Phi) is 5.76. The highest BCUT2D eigenvalue weighted by Crippen LogP contribution is 2.16. The molecule has 104 valence electrons. The minimum atomic E-state index is -0.804. The highest BCUT2D eigenvalue weighted by molar-refractivity contribution is 6.08. The van der Waals surface area contributed by atoms with E-state index >= 15 is 0 Å². The molecule has 0 amide bonds. The molecule has 0 saturated carbocycles. The van der Waals surface area contributed by atoms with Crippen LogP contribution in [0.4, 0.5) is 8.78 Å². The van der Waals surface area contributed by atoms with E-state index in [0.717, 1.165) is 12.1 Å². The normalized spacial score (nSPS) is 10.5. The minimum Gasteiger partial charge on any atom is -0.381 e. The summed E-state index contributed by atoms with van der Waals surface area (Å²) in [6.07, 6.45) is -0.345. The Morgan fingerprint density at radius 3 is 2.53 bits per heavy atom. The van der Waals surface area contributed by atoms with Gasteiger partial charge in [-0.05, 0) is 31.5 Å². The van der Waals surface area contributed by atoms with E-state index in [1.807, 2.05) is 0 Å². The van der Waals surface area contributed by atoms with Crippen LogP contribution in [0.25, 0.3) is 0 Å². The maximum absolute atomic E-state index is 13.5. The molecule has 19 heavy (non-hydrogen) atoms. The van der Waals surface area contributed by atoms with Gasteiger partial charge in [-0.3, -0.25) is 9.59 Å². The summed E-state index contributed by atoms with van der Waals surface area (Å²) < 4.78 is 31.8. The third-order valence-corrected chi connectivity index (χ3v) is 2.64. The van der Waals surface area contributed by atoms with Crippen LogP contribution in [0.2, 0.25) is 0 Å². The second-order valence-electron chi connectivity index (χ2n) is 4.17. The number of Topliss-reactive ketones (excluding diaryl/α,β-unsaturated/α-hetero) is 2. The van der Waals surface area contributed by atoms with Crippen molar-refractivity contribution >= 4 is 11.6 Å². The summed E-state index contributed by atoms with van der Waals surface area (Å²) in [5.74, 6) is -2.52. The summed E-state index contributed by atoms with van der Waals surface area (Å²) in [5, 5.41) is 0. The van der Waals surface area contributed by atoms with Crippen LogP contribution in [0.15, 0.2) is 12.1 Å². The quantitative estimate of drug-likeness (QED) is 0.434. The summed E-state index contributed by atoms with van der Waals surface area (Å²) in [7, 11) is 0. The van der Waals surface area contributed by atoms with Crippen LogP contribution < -0.4 is 0 Å². The number of carbonyl (C=O) groups excluding carboxylic acids is 2. The van der Waals surface area contributed by atoms with Crippen LogP contribution in [0, 0.1) is 18.6 Å². The van der Waals surface area contributed by atoms with Crippen LogP contribution in [0.3, 0.4) is 0 Å². The number of aryl methyl sites for hydroxylation is 1. The molecule has 0 heterocycles. The molecule has 5 heteroatoms. The highest BCUT2D eigenvalue weighted by atomic mass is 19.1. The second-order valence-corrected chi connectivity index (χ2v) is 4.17. The van der Waals surface area contributed by atoms with E-state index in [2.05, 4.69) is 0 Å². The molecule has 0 bridgehead atoms. The van der Waals surface area contributed by atoms with Crippen molar-refractivity contribution in [3.63, 3.8) is 0 Å². The maximum atomic E-state index is 13.5. The predicted octanol–water partition coefficient (Wildman–Crippen LogP) is 2.84. The highest BCUT2D eigenvalue weighted by Gasteiger charge is 2.17. The third kappa shape index (κ3) is 4.52. The molecule has 0 aliphatic heterocycles. The van der Waals surface area contributed by atoms with Gasteiger partial charge in [-0.25, -0.2) is 8.78 Å². The predicted molar refractivity (Wildman–Crippen MR) is 66.2 cm³/mol. The zero-order chi connectivity index (χ0) is 14.4. The van der Waals surface area contributed by atoms with Gasteiger partial charge in [-0.15, -0.1) is 0 Å². The Balaban J connectivity index is 2.68. The lowest BCUT2D eigenvalue weighted by molar-refractivity contribution is -0.119. The first-order valence-corrected chi connectivity index (χ1v) is 6.04. The van der Waals surface area contributed by atoms with Crippen molar-refractivity contribution in [1.29, 1.82) is 0 Å². The Hall–Kier alpha value is -1.62. The largest absolute Gasteiger partial charge is 0.381 e. The molecule has 0 spiro atoms. The van der Waals surface area contributed by atoms with E-state index in [-0.39, 0.29) is 29.9 Å². The molecule has 0 saturated heterocycles. The van der Waals surface area contributed by atoms with E-state index in [9.17, 15) is 18.4 Å². The topological polar surface area (TPSA) is 43.4 Å². The van der Waals surface area contributed by atoms with Gasteiger partial charge < -0.3 is 4.74 Å². The zero-order valence-corrected chi connectivity index (χ0v) is 11.0. The van der Waals surface area contributed by atoms with Gasteiger partial charge in [0.1, 0.15) is 17.4 Å². The van der Waals surface area contributed by atoms with E-state index in [1.54, 1.807) is 6.92 Å². The van der Waals surface area contributed by atoms with Crippen molar-refractivity contribution in [2.75, 3.05) is 13.2 Å². The number of benzene rings is 1. The SMILES string of the molecule is CCOCCC(=O)CC(=O)c1cc(F)c(C)cc1F. The van der Waals surface area contributed by atoms with Crippen LogP contribution in [-0.2, 0) is 9.53 Å². The summed E-state index contributed by atoms with van der Waals surface area (Å²) in [6.45, 7) is 3.91. The van der Waals surface area contributed by atoms with E-state index < -0.39 is 23.8 Å². The maximum Gasteiger partial charge on any atom is 0.173 e. The smallest absolute Gasteiger partial charge is 0.173 e. The Bertz CT molecular complexity index is 484. The first kappa shape index (κ1) is 15.4. The monoisotopic (exact) mass is 270 g/mol. The molecule has 0 atom stereocenters. The van der Waals surface area contributed by atoms with Crippen molar-refractivity contribution in [1.82, 2.24) is 0 Å². The van der Waals surface area contributed by atoms with Crippen LogP contribution >= 0.6 is 0 Å². The minimum absolute atomic E-state index is 0.0928. The first-order valence-electron chi connectivity index (χ1n) is 6.04. The van der Waals surface area contributed by atoms with Gasteiger partial charge in [-0.2, -0.15) is 0 Å². The van der Waals surface area contributed by atoms with Crippen LogP contribution in [-0.4, -0.2) is 24.8 Å². The molecule has 0 aliphatic rings. The molecule has 1 aromatic carbocycles. The van der Waals surface area contributed by atoms with Crippen molar-refractivity contribution in [3.05, 3.63) is 34.9 Å². The van der Waals surface area contributed by atoms with Crippen molar-refractivity contribution in [2.24, 2.45) is 0 Å². The van der Waals surface area contributed by atoms with Gasteiger partial charge in [0.15, 0.2) is 5.78 Å². The number of carbonyl (C=O) groups is 2. The van der Waals surface area contributed by atoms with Gasteiger partial charge >= 0.3 is 0 Å². The zero-order valence-electron chi connectivity index (χ0n) is 11.0. The number of hydrogen-bond acceptors (Lipinski definition) is 3. The van der Waals surface area contributed by atoms with Gasteiger partial charge in [0.05, 0.1) is 18.6 Å². The molecule has 1 aromatic rings. The van der Waals surface area contributed by atoms with Gasteiger partial charge in [0.2, 0.25) is 0 Å². The third-order valence-electron chi connectivity index (χ3n) is 2.64. The average molecular weight is 270 g/mol. The Morgan fingerprint density at radius 2 is 1.89 bits per heavy atom. The molecule has 0 aromatic heterocycles. The van der Waals surface area contributed by atoms with Crippen LogP contribution in [0.1, 0.15) is 35.7 Å². The average Bonchev–Trinajstić information content (AvgIpc) is 2.34. The first-order chi connectivity index (χ1) is 8.95. The number of hydrogen-bond donors (Lipinski definition) is 0. The molecule has 0 radical (unpaired) electrons. The fourth-order valence-electron chi connectivity index (χ4n) is 1.55. The van der Waals surface area contributed by atoms with Crippen molar-refractivity contribution in [2.45, 2.75) is 26.7 Å². The fraction of sp³-hybridized carbons (Fsp3) is 0.429. The van der Waals surface area contributed by atoms with E-state index in [1.165, 1.54) is 6.92 Å². The standard InChI is InChI=1S/C14H16F2O3/c1-3-19-5-4-10(17)7-14(18)11-8-12(15)9(2)6-13(11)16/h6,8H,3-5,7H2,1-2H3. The molecule has 0 aliphatic carbocycles. The lowest BCUT2D eigenvalue weighted by atomic mass is 10.0. The van der Waals surface area contributed by atoms with Gasteiger partial charge in [-0.1, -0.05) is 0 Å². The molecule has 1 rings (SSSR count). The lowest BCUT2D eigenvalue weighted by Crippen LogP contribution is -2.12. The summed E-state index contributed by atoms with van der Waals surface area (Å²) in [6, 6.07) is 1.79. The Labute approximate surface area is 110 Å². The second kappa shape index (κ2) is 7.09. The molecule has 0 fully saturated rings. The van der Waals surface area contributed by atoms with Crippen LogP contribution in [0.5, 0.6) is 0 Å². The fourth-order valence-corrected chi connectivity index (χ4v) is 1.55. The molecular weight excluding hydrogens is 254 g/mol. The van der Waals surface area contributed by atoms with E-state index in [0.29, 0.717) is 6.61 Å². The summed E-state index contributed by atoms with van der Waals surface area (Å²) in [4.78, 5) is 23.2. The lowest BCUT2D eigenvalue weighted by Gasteiger charge is -2.05. The number of ketones is 2. The van der Waals surface area contributed by atoms with Crippen molar-refractivity contribution in [3.8, 4) is 0 Å². The summed E-state index contributed by atoms with van der Waals surface area (Å²) in [5.41, 5.74) is -0.260. The summed E-state index contributed by atoms with van der Waals surface area (Å²) >= 11 is 0. The molecular formula is C14H16F2O3.